The Kier molecular flexibility index (Phi) is 4.36. The summed E-state index contributed by atoms with van der Waals surface area (Å²) in [4.78, 5) is 14.1. The molecule has 1 saturated heterocycles. The Labute approximate surface area is 117 Å². The van der Waals surface area contributed by atoms with Crippen LogP contribution in [0.3, 0.4) is 0 Å². The van der Waals surface area contributed by atoms with E-state index in [2.05, 4.69) is 5.32 Å². The van der Waals surface area contributed by atoms with Gasteiger partial charge in [0.1, 0.15) is 17.7 Å². The third-order valence-electron chi connectivity index (χ3n) is 3.13. The van der Waals surface area contributed by atoms with Crippen molar-refractivity contribution in [2.75, 3.05) is 18.4 Å². The maximum atomic E-state index is 12.2. The van der Waals surface area contributed by atoms with E-state index in [4.69, 9.17) is 10.5 Å². The zero-order valence-electron chi connectivity index (χ0n) is 11.0. The summed E-state index contributed by atoms with van der Waals surface area (Å²) in [5.41, 5.74) is 1.28. The van der Waals surface area contributed by atoms with Crippen molar-refractivity contribution in [1.82, 2.24) is 4.90 Å². The molecular formula is C15H14N4O. The molecule has 5 nitrogen and oxygen atoms in total. The molecule has 0 spiro atoms. The molecular weight excluding hydrogens is 252 g/mol. The monoisotopic (exact) mass is 266 g/mol. The second-order valence-electron chi connectivity index (χ2n) is 4.51. The van der Waals surface area contributed by atoms with Crippen molar-refractivity contribution in [3.63, 3.8) is 0 Å². The Morgan fingerprint density at radius 2 is 1.95 bits per heavy atom. The molecule has 2 rings (SSSR count). The van der Waals surface area contributed by atoms with E-state index in [0.717, 1.165) is 25.9 Å². The van der Waals surface area contributed by atoms with Crippen molar-refractivity contribution < 1.29 is 4.79 Å². The van der Waals surface area contributed by atoms with Crippen molar-refractivity contribution in [1.29, 1.82) is 10.5 Å². The van der Waals surface area contributed by atoms with Crippen molar-refractivity contribution in [2.45, 2.75) is 12.8 Å². The van der Waals surface area contributed by atoms with Gasteiger partial charge < -0.3 is 10.2 Å². The summed E-state index contributed by atoms with van der Waals surface area (Å²) in [5.74, 6) is 0.0240. The van der Waals surface area contributed by atoms with Gasteiger partial charge in [0.15, 0.2) is 0 Å². The van der Waals surface area contributed by atoms with Crippen LogP contribution in [0, 0.1) is 22.7 Å². The fraction of sp³-hybridized carbons (Fsp3) is 0.267. The number of benzene rings is 1. The van der Waals surface area contributed by atoms with Gasteiger partial charge in [-0.05, 0) is 31.0 Å². The lowest BCUT2D eigenvalue weighted by atomic mass is 10.1. The van der Waals surface area contributed by atoms with Crippen LogP contribution in [0.5, 0.6) is 0 Å². The van der Waals surface area contributed by atoms with Gasteiger partial charge in [0.05, 0.1) is 0 Å². The predicted octanol–water partition coefficient (Wildman–Crippen LogP) is 2.27. The third-order valence-corrected chi connectivity index (χ3v) is 3.13. The van der Waals surface area contributed by atoms with Crippen LogP contribution in [0.15, 0.2) is 36.0 Å². The van der Waals surface area contributed by atoms with Gasteiger partial charge in [-0.3, -0.25) is 4.79 Å². The van der Waals surface area contributed by atoms with E-state index < -0.39 is 0 Å². The number of carbonyl (C=O) groups excluding carboxylic acids is 1. The Morgan fingerprint density at radius 1 is 1.25 bits per heavy atom. The summed E-state index contributed by atoms with van der Waals surface area (Å²) >= 11 is 0. The molecule has 1 aromatic rings. The molecule has 1 fully saturated rings. The summed E-state index contributed by atoms with van der Waals surface area (Å²) in [7, 11) is 0. The van der Waals surface area contributed by atoms with Crippen molar-refractivity contribution >= 4 is 11.6 Å². The van der Waals surface area contributed by atoms with Crippen LogP contribution in [0.1, 0.15) is 23.2 Å². The fourth-order valence-electron chi connectivity index (χ4n) is 2.09. The summed E-state index contributed by atoms with van der Waals surface area (Å²) < 4.78 is 0. The topological polar surface area (TPSA) is 79.9 Å². The number of nitriles is 2. The van der Waals surface area contributed by atoms with E-state index in [9.17, 15) is 4.79 Å². The number of hydrogen-bond donors (Lipinski definition) is 1. The highest BCUT2D eigenvalue weighted by atomic mass is 16.2. The van der Waals surface area contributed by atoms with Crippen LogP contribution in [0.4, 0.5) is 5.69 Å². The number of amides is 1. The molecule has 0 saturated carbocycles. The normalized spacial score (nSPS) is 13.2. The van der Waals surface area contributed by atoms with E-state index in [1.54, 1.807) is 36.4 Å². The minimum Gasteiger partial charge on any atom is -0.360 e. The maximum absolute atomic E-state index is 12.2. The van der Waals surface area contributed by atoms with Gasteiger partial charge in [-0.15, -0.1) is 0 Å². The van der Waals surface area contributed by atoms with E-state index in [1.165, 1.54) is 6.20 Å². The first-order valence-corrected chi connectivity index (χ1v) is 6.41. The fourth-order valence-corrected chi connectivity index (χ4v) is 2.09. The highest BCUT2D eigenvalue weighted by Gasteiger charge is 2.19. The number of carbonyl (C=O) groups is 1. The number of nitrogens with zero attached hydrogens (tertiary/aromatic N) is 3. The molecule has 20 heavy (non-hydrogen) atoms. The molecule has 0 bridgehead atoms. The minimum absolute atomic E-state index is 0.0127. The van der Waals surface area contributed by atoms with Gasteiger partial charge >= 0.3 is 0 Å². The van der Waals surface area contributed by atoms with E-state index in [-0.39, 0.29) is 11.5 Å². The zero-order valence-corrected chi connectivity index (χ0v) is 11.0. The summed E-state index contributed by atoms with van der Waals surface area (Å²) in [6.07, 6.45) is 3.44. The Bertz CT molecular complexity index is 599. The molecule has 1 aromatic carbocycles. The van der Waals surface area contributed by atoms with Gasteiger partial charge in [0.2, 0.25) is 0 Å². The minimum atomic E-state index is -0.0127. The first-order valence-electron chi connectivity index (χ1n) is 6.41. The molecule has 0 aliphatic carbocycles. The molecule has 1 amide bonds. The number of hydrogen-bond acceptors (Lipinski definition) is 4. The molecule has 1 heterocycles. The Morgan fingerprint density at radius 3 is 2.60 bits per heavy atom. The number of rotatable bonds is 3. The lowest BCUT2D eigenvalue weighted by molar-refractivity contribution is 0.0793. The van der Waals surface area contributed by atoms with Crippen LogP contribution in [-0.4, -0.2) is 23.9 Å². The number of nitrogens with one attached hydrogen (secondary N) is 1. The SMILES string of the molecule is N#CC(C#N)=CNc1cccc(C(=O)N2CCCC2)c1. The smallest absolute Gasteiger partial charge is 0.253 e. The molecule has 0 unspecified atom stereocenters. The molecule has 0 radical (unpaired) electrons. The first kappa shape index (κ1) is 13.6. The molecule has 1 N–H and O–H groups in total. The van der Waals surface area contributed by atoms with Crippen LogP contribution >= 0.6 is 0 Å². The maximum Gasteiger partial charge on any atom is 0.253 e. The van der Waals surface area contributed by atoms with Gasteiger partial charge in [0, 0.05) is 30.5 Å². The lowest BCUT2D eigenvalue weighted by Gasteiger charge is -2.15. The largest absolute Gasteiger partial charge is 0.360 e. The van der Waals surface area contributed by atoms with Crippen LogP contribution in [-0.2, 0) is 0 Å². The molecule has 0 aromatic heterocycles. The van der Waals surface area contributed by atoms with Gasteiger partial charge in [0.25, 0.3) is 5.91 Å². The van der Waals surface area contributed by atoms with E-state index >= 15 is 0 Å². The van der Waals surface area contributed by atoms with E-state index in [1.807, 2.05) is 4.90 Å². The summed E-state index contributed by atoms with van der Waals surface area (Å²) in [6.45, 7) is 1.62. The lowest BCUT2D eigenvalue weighted by Crippen LogP contribution is -2.27. The number of likely N-dealkylation sites (tertiary alicyclic amines) is 1. The van der Waals surface area contributed by atoms with Crippen molar-refractivity contribution in [3.05, 3.63) is 41.6 Å². The van der Waals surface area contributed by atoms with Crippen molar-refractivity contribution in [3.8, 4) is 12.1 Å². The first-order chi connectivity index (χ1) is 9.74. The number of anilines is 1. The molecule has 0 atom stereocenters. The van der Waals surface area contributed by atoms with E-state index in [0.29, 0.717) is 11.3 Å². The second-order valence-corrected chi connectivity index (χ2v) is 4.51. The van der Waals surface area contributed by atoms with Crippen LogP contribution < -0.4 is 5.32 Å². The highest BCUT2D eigenvalue weighted by molar-refractivity contribution is 5.95. The predicted molar refractivity (Wildman–Crippen MR) is 74.5 cm³/mol. The van der Waals surface area contributed by atoms with Gasteiger partial charge in [-0.25, -0.2) is 0 Å². The average Bonchev–Trinajstić information content (AvgIpc) is 3.02. The Hall–Kier alpha value is -2.79. The quantitative estimate of drug-likeness (QED) is 0.851. The molecule has 1 aliphatic heterocycles. The molecule has 1 aliphatic rings. The third kappa shape index (κ3) is 3.15. The van der Waals surface area contributed by atoms with Crippen LogP contribution in [0.2, 0.25) is 0 Å². The van der Waals surface area contributed by atoms with Gasteiger partial charge in [-0.1, -0.05) is 6.07 Å². The highest BCUT2D eigenvalue weighted by Crippen LogP contribution is 2.16. The average molecular weight is 266 g/mol. The van der Waals surface area contributed by atoms with Crippen LogP contribution in [0.25, 0.3) is 0 Å². The Balaban J connectivity index is 2.12. The standard InChI is InChI=1S/C15H14N4O/c16-9-12(10-17)11-18-14-5-3-4-13(8-14)15(20)19-6-1-2-7-19/h3-5,8,11,18H,1-2,6-7H2. The van der Waals surface area contributed by atoms with Gasteiger partial charge in [-0.2, -0.15) is 10.5 Å². The molecule has 5 heteroatoms. The van der Waals surface area contributed by atoms with Crippen molar-refractivity contribution in [2.24, 2.45) is 0 Å². The number of allylic oxidation sites excluding steroid dienone is 1. The second kappa shape index (κ2) is 6.40. The summed E-state index contributed by atoms with van der Waals surface area (Å²) in [6, 6.07) is 10.6. The zero-order chi connectivity index (χ0) is 14.4. The molecule has 100 valence electrons. The summed E-state index contributed by atoms with van der Waals surface area (Å²) in [5, 5.41) is 20.2.